The van der Waals surface area contributed by atoms with Gasteiger partial charge in [0.15, 0.2) is 4.80 Å². The number of nitrogens with zero attached hydrogens (tertiary/aromatic N) is 2. The van der Waals surface area contributed by atoms with Gasteiger partial charge in [0.1, 0.15) is 25.2 Å². The number of hydrogen-bond donors (Lipinski definition) is 0. The van der Waals surface area contributed by atoms with E-state index < -0.39 is 5.91 Å². The number of aryl methyl sites for hydroxylation is 1. The van der Waals surface area contributed by atoms with Crippen LogP contribution in [0.15, 0.2) is 35.2 Å². The van der Waals surface area contributed by atoms with Crippen molar-refractivity contribution in [1.82, 2.24) is 4.57 Å². The first-order valence-corrected chi connectivity index (χ1v) is 8.25. The first-order valence-electron chi connectivity index (χ1n) is 7.44. The second kappa shape index (κ2) is 6.87. The highest BCUT2D eigenvalue weighted by atomic mass is 32.1. The molecule has 0 aliphatic carbocycles. The number of carbonyl (C=O) groups is 1. The second-order valence-electron chi connectivity index (χ2n) is 4.99. The van der Waals surface area contributed by atoms with Crippen LogP contribution in [0.2, 0.25) is 0 Å². The molecule has 0 saturated heterocycles. The molecule has 6 nitrogen and oxygen atoms in total. The molecule has 1 amide bonds. The number of carbonyl (C=O) groups excluding carboxylic acids is 1. The number of benzene rings is 1. The molecule has 1 aromatic carbocycles. The minimum atomic E-state index is -0.423. The summed E-state index contributed by atoms with van der Waals surface area (Å²) < 4.78 is 18.7. The van der Waals surface area contributed by atoms with E-state index in [1.54, 1.807) is 7.11 Å². The first-order chi connectivity index (χ1) is 11.2. The quantitative estimate of drug-likeness (QED) is 0.861. The Hall–Kier alpha value is -2.28. The Morgan fingerprint density at radius 3 is 3.00 bits per heavy atom. The molecule has 2 heterocycles. The van der Waals surface area contributed by atoms with Gasteiger partial charge in [-0.2, -0.15) is 4.99 Å². The fraction of sp³-hybridized carbons (Fsp3) is 0.375. The van der Waals surface area contributed by atoms with Gasteiger partial charge >= 0.3 is 5.91 Å². The monoisotopic (exact) mass is 334 g/mol. The summed E-state index contributed by atoms with van der Waals surface area (Å²) in [5, 5.41) is 0. The van der Waals surface area contributed by atoms with E-state index in [0.717, 1.165) is 28.9 Å². The summed E-state index contributed by atoms with van der Waals surface area (Å²) in [6, 6.07) is 5.85. The summed E-state index contributed by atoms with van der Waals surface area (Å²) >= 11 is 1.46. The lowest BCUT2D eigenvalue weighted by molar-refractivity contribution is -0.119. The minimum Gasteiger partial charge on any atom is -0.497 e. The number of aromatic nitrogens is 1. The second-order valence-corrected chi connectivity index (χ2v) is 6.00. The number of rotatable bonds is 4. The fourth-order valence-electron chi connectivity index (χ4n) is 2.33. The van der Waals surface area contributed by atoms with E-state index in [-0.39, 0.29) is 5.76 Å². The molecule has 1 aliphatic heterocycles. The Labute approximate surface area is 137 Å². The van der Waals surface area contributed by atoms with Gasteiger partial charge in [-0.25, -0.2) is 0 Å². The number of thiazole rings is 1. The van der Waals surface area contributed by atoms with Crippen LogP contribution in [0.3, 0.4) is 0 Å². The van der Waals surface area contributed by atoms with E-state index in [1.165, 1.54) is 17.6 Å². The zero-order valence-corrected chi connectivity index (χ0v) is 13.9. The Bertz CT molecular complexity index is 819. The zero-order valence-electron chi connectivity index (χ0n) is 13.1. The molecule has 1 aliphatic rings. The minimum absolute atomic E-state index is 0.148. The predicted molar refractivity (Wildman–Crippen MR) is 87.2 cm³/mol. The average Bonchev–Trinajstić information content (AvgIpc) is 2.92. The van der Waals surface area contributed by atoms with Gasteiger partial charge in [-0.1, -0.05) is 18.3 Å². The average molecular weight is 334 g/mol. The Kier molecular flexibility index (Phi) is 4.66. The third-order valence-corrected chi connectivity index (χ3v) is 4.44. The summed E-state index contributed by atoms with van der Waals surface area (Å²) in [6.07, 6.45) is 2.28. The Morgan fingerprint density at radius 2 is 2.30 bits per heavy atom. The lowest BCUT2D eigenvalue weighted by Gasteiger charge is -2.12. The van der Waals surface area contributed by atoms with E-state index >= 15 is 0 Å². The van der Waals surface area contributed by atoms with E-state index in [0.29, 0.717) is 18.0 Å². The summed E-state index contributed by atoms with van der Waals surface area (Å²) in [5.74, 6) is 0.509. The number of hydrogen-bond acceptors (Lipinski definition) is 5. The SMILES string of the molecule is CCCn1c(=NC(=O)C2=COCCO2)sc2cc(OC)ccc21. The molecule has 0 fully saturated rings. The predicted octanol–water partition coefficient (Wildman–Crippen LogP) is 2.44. The van der Waals surface area contributed by atoms with Crippen LogP contribution in [-0.2, 0) is 20.8 Å². The van der Waals surface area contributed by atoms with Gasteiger partial charge in [0, 0.05) is 6.54 Å². The molecular weight excluding hydrogens is 316 g/mol. The Morgan fingerprint density at radius 1 is 1.43 bits per heavy atom. The van der Waals surface area contributed by atoms with Gasteiger partial charge in [-0.05, 0) is 24.6 Å². The fourth-order valence-corrected chi connectivity index (χ4v) is 3.41. The van der Waals surface area contributed by atoms with Crippen LogP contribution in [0.1, 0.15) is 13.3 Å². The molecule has 7 heteroatoms. The van der Waals surface area contributed by atoms with Gasteiger partial charge < -0.3 is 18.8 Å². The molecule has 122 valence electrons. The van der Waals surface area contributed by atoms with Crippen molar-refractivity contribution in [1.29, 1.82) is 0 Å². The van der Waals surface area contributed by atoms with Gasteiger partial charge in [0.05, 0.1) is 17.3 Å². The van der Waals surface area contributed by atoms with Crippen molar-refractivity contribution in [3.05, 3.63) is 35.0 Å². The molecule has 0 radical (unpaired) electrons. The molecule has 3 rings (SSSR count). The van der Waals surface area contributed by atoms with Gasteiger partial charge in [-0.15, -0.1) is 0 Å². The molecule has 0 spiro atoms. The summed E-state index contributed by atoms with van der Waals surface area (Å²) in [4.78, 5) is 17.1. The molecule has 0 unspecified atom stereocenters. The maximum atomic E-state index is 12.3. The molecule has 2 aromatic rings. The third kappa shape index (κ3) is 3.24. The van der Waals surface area contributed by atoms with Crippen molar-refractivity contribution in [2.45, 2.75) is 19.9 Å². The standard InChI is InChI=1S/C16H18N2O4S/c1-3-6-18-12-5-4-11(20-2)9-14(12)23-16(18)17-15(19)13-10-21-7-8-22-13/h4-5,9-10H,3,6-8H2,1-2H3. The Balaban J connectivity index is 2.07. The van der Waals surface area contributed by atoms with Crippen molar-refractivity contribution in [3.8, 4) is 5.75 Å². The van der Waals surface area contributed by atoms with Crippen molar-refractivity contribution >= 4 is 27.5 Å². The van der Waals surface area contributed by atoms with Gasteiger partial charge in [-0.3, -0.25) is 4.79 Å². The molecule has 0 N–H and O–H groups in total. The normalized spacial score (nSPS) is 15.0. The van der Waals surface area contributed by atoms with Crippen LogP contribution >= 0.6 is 11.3 Å². The maximum Gasteiger partial charge on any atom is 0.317 e. The lowest BCUT2D eigenvalue weighted by Crippen LogP contribution is -2.20. The van der Waals surface area contributed by atoms with Crippen LogP contribution in [0.25, 0.3) is 10.2 Å². The zero-order chi connectivity index (χ0) is 16.2. The molecule has 0 atom stereocenters. The highest BCUT2D eigenvalue weighted by Crippen LogP contribution is 2.23. The molecule has 0 bridgehead atoms. The largest absolute Gasteiger partial charge is 0.497 e. The topological polar surface area (TPSA) is 62.1 Å². The molecule has 23 heavy (non-hydrogen) atoms. The summed E-state index contributed by atoms with van der Waals surface area (Å²) in [6.45, 7) is 3.70. The number of methoxy groups -OCH3 is 1. The van der Waals surface area contributed by atoms with E-state index in [1.807, 2.05) is 22.8 Å². The van der Waals surface area contributed by atoms with Crippen LogP contribution < -0.4 is 9.54 Å². The summed E-state index contributed by atoms with van der Waals surface area (Å²) in [7, 11) is 1.64. The third-order valence-electron chi connectivity index (χ3n) is 3.39. The number of fused-ring (bicyclic) bond motifs is 1. The van der Waals surface area contributed by atoms with Crippen molar-refractivity contribution < 1.29 is 19.0 Å². The lowest BCUT2D eigenvalue weighted by atomic mass is 10.3. The number of ether oxygens (including phenoxy) is 3. The highest BCUT2D eigenvalue weighted by molar-refractivity contribution is 7.16. The van der Waals surface area contributed by atoms with Gasteiger partial charge in [0.2, 0.25) is 5.76 Å². The maximum absolute atomic E-state index is 12.3. The van der Waals surface area contributed by atoms with Gasteiger partial charge in [0.25, 0.3) is 0 Å². The van der Waals surface area contributed by atoms with Crippen LogP contribution in [0.5, 0.6) is 5.75 Å². The molecule has 1 aromatic heterocycles. The summed E-state index contributed by atoms with van der Waals surface area (Å²) in [5.41, 5.74) is 1.04. The smallest absolute Gasteiger partial charge is 0.317 e. The molecule has 0 saturated carbocycles. The van der Waals surface area contributed by atoms with Crippen molar-refractivity contribution in [3.63, 3.8) is 0 Å². The van der Waals surface area contributed by atoms with Crippen LogP contribution in [0, 0.1) is 0 Å². The first kappa shape index (κ1) is 15.6. The van der Waals surface area contributed by atoms with Crippen molar-refractivity contribution in [2.75, 3.05) is 20.3 Å². The highest BCUT2D eigenvalue weighted by Gasteiger charge is 2.15. The van der Waals surface area contributed by atoms with E-state index in [4.69, 9.17) is 14.2 Å². The van der Waals surface area contributed by atoms with Crippen LogP contribution in [0.4, 0.5) is 0 Å². The van der Waals surface area contributed by atoms with E-state index in [2.05, 4.69) is 11.9 Å². The van der Waals surface area contributed by atoms with Crippen molar-refractivity contribution in [2.24, 2.45) is 4.99 Å². The van der Waals surface area contributed by atoms with E-state index in [9.17, 15) is 4.79 Å². The number of amides is 1. The van der Waals surface area contributed by atoms with Crippen LogP contribution in [-0.4, -0.2) is 30.8 Å². The molecular formula is C16H18N2O4S.